The Balaban J connectivity index is 1.41. The molecule has 5 heteroatoms. The molecule has 2 aliphatic rings. The molecule has 0 N–H and O–H groups in total. The lowest BCUT2D eigenvalue weighted by Crippen LogP contribution is -2.56. The lowest BCUT2D eigenvalue weighted by molar-refractivity contribution is -0.155. The standard InChI is InChI=1S/C21H27N3O2/c1-2-10-23-19(6-1)14-24-11-7-20-21(16-24,8-4-12-26-20)17-25-15-18-5-3-9-22-13-18/h1-3,5-6,9-10,13,20H,4,7-8,11-12,14-17H2/t20-,21+/m1/s1. The van der Waals surface area contributed by atoms with Crippen LogP contribution >= 0.6 is 0 Å². The molecule has 2 aliphatic heterocycles. The third-order valence-electron chi connectivity index (χ3n) is 5.56. The molecule has 4 heterocycles. The van der Waals surface area contributed by atoms with Crippen LogP contribution in [0.4, 0.5) is 0 Å². The maximum Gasteiger partial charge on any atom is 0.0732 e. The van der Waals surface area contributed by atoms with Gasteiger partial charge < -0.3 is 9.47 Å². The number of piperidine rings is 1. The van der Waals surface area contributed by atoms with Crippen molar-refractivity contribution in [3.05, 3.63) is 60.2 Å². The Labute approximate surface area is 155 Å². The van der Waals surface area contributed by atoms with E-state index in [0.29, 0.717) is 12.7 Å². The van der Waals surface area contributed by atoms with E-state index in [1.165, 1.54) is 6.42 Å². The predicted octanol–water partition coefficient (Wildman–Crippen LogP) is 3.06. The number of rotatable bonds is 6. The fourth-order valence-electron chi connectivity index (χ4n) is 4.30. The molecular formula is C21H27N3O2. The molecule has 26 heavy (non-hydrogen) atoms. The number of ether oxygens (including phenoxy) is 2. The molecule has 0 amide bonds. The van der Waals surface area contributed by atoms with Gasteiger partial charge in [-0.1, -0.05) is 12.1 Å². The third-order valence-corrected chi connectivity index (χ3v) is 5.56. The van der Waals surface area contributed by atoms with Crippen LogP contribution in [0.3, 0.4) is 0 Å². The Morgan fingerprint density at radius 1 is 1.23 bits per heavy atom. The van der Waals surface area contributed by atoms with E-state index in [1.54, 1.807) is 6.20 Å². The maximum absolute atomic E-state index is 6.16. The Kier molecular flexibility index (Phi) is 5.58. The van der Waals surface area contributed by atoms with Crippen LogP contribution in [0.15, 0.2) is 48.9 Å². The fourth-order valence-corrected chi connectivity index (χ4v) is 4.30. The molecule has 2 aromatic heterocycles. The summed E-state index contributed by atoms with van der Waals surface area (Å²) in [4.78, 5) is 11.2. The van der Waals surface area contributed by atoms with Gasteiger partial charge in [-0.25, -0.2) is 0 Å². The van der Waals surface area contributed by atoms with E-state index in [9.17, 15) is 0 Å². The minimum absolute atomic E-state index is 0.0908. The van der Waals surface area contributed by atoms with Crippen LogP contribution < -0.4 is 0 Å². The summed E-state index contributed by atoms with van der Waals surface area (Å²) >= 11 is 0. The molecule has 2 atom stereocenters. The van der Waals surface area contributed by atoms with Crippen LogP contribution in [0, 0.1) is 5.41 Å². The first kappa shape index (κ1) is 17.6. The first-order chi connectivity index (χ1) is 12.8. The van der Waals surface area contributed by atoms with Crippen molar-refractivity contribution >= 4 is 0 Å². The van der Waals surface area contributed by atoms with Crippen molar-refractivity contribution in [2.24, 2.45) is 5.41 Å². The molecule has 0 radical (unpaired) electrons. The Bertz CT molecular complexity index is 682. The summed E-state index contributed by atoms with van der Waals surface area (Å²) in [5.41, 5.74) is 2.35. The lowest BCUT2D eigenvalue weighted by atomic mass is 9.73. The normalized spacial score (nSPS) is 26.4. The van der Waals surface area contributed by atoms with E-state index in [2.05, 4.69) is 33.1 Å². The highest BCUT2D eigenvalue weighted by Gasteiger charge is 2.46. The quantitative estimate of drug-likeness (QED) is 0.799. The molecular weight excluding hydrogens is 326 g/mol. The van der Waals surface area contributed by atoms with Crippen molar-refractivity contribution in [3.8, 4) is 0 Å². The van der Waals surface area contributed by atoms with Gasteiger partial charge in [0.05, 0.1) is 25.0 Å². The maximum atomic E-state index is 6.16. The summed E-state index contributed by atoms with van der Waals surface area (Å²) in [5.74, 6) is 0. The molecule has 0 aromatic carbocycles. The highest BCUT2D eigenvalue weighted by molar-refractivity contribution is 5.07. The molecule has 0 spiro atoms. The molecule has 0 aliphatic carbocycles. The van der Waals surface area contributed by atoms with Crippen LogP contribution in [-0.2, 0) is 22.6 Å². The third kappa shape index (κ3) is 4.11. The summed E-state index contributed by atoms with van der Waals surface area (Å²) in [5, 5.41) is 0. The molecule has 2 aromatic rings. The number of nitrogens with zero attached hydrogens (tertiary/aromatic N) is 3. The van der Waals surface area contributed by atoms with Gasteiger partial charge in [-0.15, -0.1) is 0 Å². The molecule has 5 nitrogen and oxygen atoms in total. The minimum Gasteiger partial charge on any atom is -0.377 e. The van der Waals surface area contributed by atoms with Crippen molar-refractivity contribution in [1.29, 1.82) is 0 Å². The molecule has 0 unspecified atom stereocenters. The van der Waals surface area contributed by atoms with Crippen molar-refractivity contribution in [2.75, 3.05) is 26.3 Å². The van der Waals surface area contributed by atoms with E-state index < -0.39 is 0 Å². The summed E-state index contributed by atoms with van der Waals surface area (Å²) in [6.45, 7) is 5.22. The summed E-state index contributed by atoms with van der Waals surface area (Å²) in [7, 11) is 0. The highest BCUT2D eigenvalue weighted by Crippen LogP contribution is 2.40. The first-order valence-corrected chi connectivity index (χ1v) is 9.55. The summed E-state index contributed by atoms with van der Waals surface area (Å²) in [6.07, 6.45) is 9.21. The van der Waals surface area contributed by atoms with Crippen LogP contribution in [0.25, 0.3) is 0 Å². The van der Waals surface area contributed by atoms with Crippen molar-refractivity contribution in [1.82, 2.24) is 14.9 Å². The van der Waals surface area contributed by atoms with Gasteiger partial charge in [-0.3, -0.25) is 14.9 Å². The molecule has 4 rings (SSSR count). The van der Waals surface area contributed by atoms with E-state index >= 15 is 0 Å². The zero-order valence-electron chi connectivity index (χ0n) is 15.2. The van der Waals surface area contributed by atoms with Gasteiger partial charge in [-0.05, 0) is 43.0 Å². The topological polar surface area (TPSA) is 47.5 Å². The van der Waals surface area contributed by atoms with Gasteiger partial charge in [0.15, 0.2) is 0 Å². The summed E-state index contributed by atoms with van der Waals surface area (Å²) < 4.78 is 12.3. The number of hydrogen-bond acceptors (Lipinski definition) is 5. The first-order valence-electron chi connectivity index (χ1n) is 9.55. The Morgan fingerprint density at radius 2 is 2.23 bits per heavy atom. The second-order valence-corrected chi connectivity index (χ2v) is 7.50. The zero-order valence-corrected chi connectivity index (χ0v) is 15.2. The second-order valence-electron chi connectivity index (χ2n) is 7.50. The number of fused-ring (bicyclic) bond motifs is 1. The summed E-state index contributed by atoms with van der Waals surface area (Å²) in [6, 6.07) is 10.2. The number of likely N-dealkylation sites (tertiary alicyclic amines) is 1. The molecule has 0 bridgehead atoms. The smallest absolute Gasteiger partial charge is 0.0732 e. The molecule has 138 valence electrons. The van der Waals surface area contributed by atoms with Crippen LogP contribution in [0.2, 0.25) is 0 Å². The SMILES string of the molecule is c1ccc(CN2CC[C@H]3OCCC[C@@]3(COCc3cccnc3)C2)nc1. The number of aromatic nitrogens is 2. The van der Waals surface area contributed by atoms with Gasteiger partial charge >= 0.3 is 0 Å². The van der Waals surface area contributed by atoms with Crippen LogP contribution in [-0.4, -0.2) is 47.3 Å². The molecule has 2 saturated heterocycles. The Morgan fingerprint density at radius 3 is 3.08 bits per heavy atom. The minimum atomic E-state index is 0.0908. The second kappa shape index (κ2) is 8.25. The monoisotopic (exact) mass is 353 g/mol. The number of pyridine rings is 2. The van der Waals surface area contributed by atoms with Gasteiger partial charge in [0, 0.05) is 50.2 Å². The van der Waals surface area contributed by atoms with E-state index in [-0.39, 0.29) is 5.41 Å². The molecule has 2 fully saturated rings. The van der Waals surface area contributed by atoms with Crippen LogP contribution in [0.1, 0.15) is 30.5 Å². The van der Waals surface area contributed by atoms with E-state index in [0.717, 1.165) is 56.9 Å². The van der Waals surface area contributed by atoms with Crippen molar-refractivity contribution in [3.63, 3.8) is 0 Å². The van der Waals surface area contributed by atoms with E-state index in [1.807, 2.05) is 24.5 Å². The van der Waals surface area contributed by atoms with Gasteiger partial charge in [0.2, 0.25) is 0 Å². The van der Waals surface area contributed by atoms with Crippen molar-refractivity contribution in [2.45, 2.75) is 38.5 Å². The molecule has 0 saturated carbocycles. The van der Waals surface area contributed by atoms with Crippen molar-refractivity contribution < 1.29 is 9.47 Å². The van der Waals surface area contributed by atoms with Gasteiger partial charge in [-0.2, -0.15) is 0 Å². The Hall–Kier alpha value is -1.82. The van der Waals surface area contributed by atoms with Crippen LogP contribution in [0.5, 0.6) is 0 Å². The highest BCUT2D eigenvalue weighted by atomic mass is 16.5. The largest absolute Gasteiger partial charge is 0.377 e. The predicted molar refractivity (Wildman–Crippen MR) is 99.4 cm³/mol. The average molecular weight is 353 g/mol. The fraction of sp³-hybridized carbons (Fsp3) is 0.524. The van der Waals surface area contributed by atoms with Gasteiger partial charge in [0.25, 0.3) is 0 Å². The van der Waals surface area contributed by atoms with E-state index in [4.69, 9.17) is 9.47 Å². The van der Waals surface area contributed by atoms with Gasteiger partial charge in [0.1, 0.15) is 0 Å². The number of hydrogen-bond donors (Lipinski definition) is 0. The lowest BCUT2D eigenvalue weighted by Gasteiger charge is -2.50. The average Bonchev–Trinajstić information content (AvgIpc) is 2.69. The zero-order chi connectivity index (χ0) is 17.7.